The number of unbranched alkanes of at least 4 members (excludes halogenated alkanes) is 3. The van der Waals surface area contributed by atoms with Crippen LogP contribution in [0.5, 0.6) is 0 Å². The summed E-state index contributed by atoms with van der Waals surface area (Å²) in [5.74, 6) is 0.0455. The second-order valence-corrected chi connectivity index (χ2v) is 5.78. The highest BCUT2D eigenvalue weighted by molar-refractivity contribution is 5.97. The molecule has 0 aliphatic carbocycles. The molecular formula is C15H28N4O. The third-order valence-electron chi connectivity index (χ3n) is 3.49. The number of aromatic amines is 1. The number of nitrogen functional groups attached to an aromatic ring is 1. The number of nitrogens with zero attached hydrogens (tertiary/aromatic N) is 1. The molecule has 0 spiro atoms. The predicted octanol–water partition coefficient (Wildman–Crippen LogP) is 3.20. The smallest absolute Gasteiger partial charge is 0.274 e. The maximum Gasteiger partial charge on any atom is 0.274 e. The lowest BCUT2D eigenvalue weighted by Crippen LogP contribution is -2.33. The SMILES string of the molecule is CCCCCCC(C)NC(=O)c1n[nH]c(C(C)C)c1N. The van der Waals surface area contributed by atoms with Crippen molar-refractivity contribution in [2.75, 3.05) is 5.73 Å². The van der Waals surface area contributed by atoms with E-state index >= 15 is 0 Å². The van der Waals surface area contributed by atoms with Crippen LogP contribution < -0.4 is 11.1 Å². The molecule has 0 saturated heterocycles. The van der Waals surface area contributed by atoms with Gasteiger partial charge in [0.2, 0.25) is 0 Å². The fourth-order valence-electron chi connectivity index (χ4n) is 2.22. The number of anilines is 1. The molecular weight excluding hydrogens is 252 g/mol. The normalized spacial score (nSPS) is 12.7. The number of nitrogens with one attached hydrogen (secondary N) is 2. The van der Waals surface area contributed by atoms with E-state index in [9.17, 15) is 4.79 Å². The molecule has 5 heteroatoms. The molecule has 0 radical (unpaired) electrons. The van der Waals surface area contributed by atoms with Gasteiger partial charge in [-0.05, 0) is 19.3 Å². The molecule has 1 unspecified atom stereocenters. The minimum atomic E-state index is -0.186. The summed E-state index contributed by atoms with van der Waals surface area (Å²) in [4.78, 5) is 12.1. The van der Waals surface area contributed by atoms with E-state index in [1.807, 2.05) is 20.8 Å². The van der Waals surface area contributed by atoms with Gasteiger partial charge in [-0.25, -0.2) is 0 Å². The zero-order valence-electron chi connectivity index (χ0n) is 13.1. The van der Waals surface area contributed by atoms with E-state index in [1.54, 1.807) is 0 Å². The topological polar surface area (TPSA) is 83.8 Å². The summed E-state index contributed by atoms with van der Waals surface area (Å²) in [7, 11) is 0. The van der Waals surface area contributed by atoms with Crippen LogP contribution in [0.15, 0.2) is 0 Å². The number of rotatable bonds is 8. The minimum Gasteiger partial charge on any atom is -0.395 e. The monoisotopic (exact) mass is 280 g/mol. The lowest BCUT2D eigenvalue weighted by molar-refractivity contribution is 0.0933. The van der Waals surface area contributed by atoms with Gasteiger partial charge in [0, 0.05) is 6.04 Å². The Morgan fingerprint density at radius 2 is 2.00 bits per heavy atom. The molecule has 1 aromatic rings. The first kappa shape index (κ1) is 16.5. The summed E-state index contributed by atoms with van der Waals surface area (Å²) >= 11 is 0. The molecule has 1 aromatic heterocycles. The highest BCUT2D eigenvalue weighted by atomic mass is 16.2. The third-order valence-corrected chi connectivity index (χ3v) is 3.49. The van der Waals surface area contributed by atoms with E-state index < -0.39 is 0 Å². The van der Waals surface area contributed by atoms with Crippen LogP contribution in [0.25, 0.3) is 0 Å². The van der Waals surface area contributed by atoms with Crippen LogP contribution in [0.4, 0.5) is 5.69 Å². The summed E-state index contributed by atoms with van der Waals surface area (Å²) in [6.07, 6.45) is 5.84. The zero-order valence-corrected chi connectivity index (χ0v) is 13.1. The van der Waals surface area contributed by atoms with Crippen molar-refractivity contribution in [3.8, 4) is 0 Å². The standard InChI is InChI=1S/C15H28N4O/c1-5-6-7-8-9-11(4)17-15(20)14-12(16)13(10(2)3)18-19-14/h10-11H,5-9,16H2,1-4H3,(H,17,20)(H,18,19). The molecule has 5 nitrogen and oxygen atoms in total. The molecule has 1 atom stereocenters. The molecule has 0 saturated carbocycles. The van der Waals surface area contributed by atoms with E-state index in [0.29, 0.717) is 11.4 Å². The Morgan fingerprint density at radius 3 is 2.55 bits per heavy atom. The Hall–Kier alpha value is -1.52. The highest BCUT2D eigenvalue weighted by Crippen LogP contribution is 2.22. The van der Waals surface area contributed by atoms with E-state index in [2.05, 4.69) is 22.4 Å². The number of carbonyl (C=O) groups excluding carboxylic acids is 1. The summed E-state index contributed by atoms with van der Waals surface area (Å²) in [6, 6.07) is 0.151. The van der Waals surface area contributed by atoms with E-state index in [0.717, 1.165) is 18.5 Å². The number of amides is 1. The largest absolute Gasteiger partial charge is 0.395 e. The average molecular weight is 280 g/mol. The molecule has 1 heterocycles. The molecule has 114 valence electrons. The van der Waals surface area contributed by atoms with Gasteiger partial charge in [-0.1, -0.05) is 46.5 Å². The number of hydrogen-bond acceptors (Lipinski definition) is 3. The number of H-pyrrole nitrogens is 1. The second-order valence-electron chi connectivity index (χ2n) is 5.78. The lowest BCUT2D eigenvalue weighted by Gasteiger charge is -2.13. The van der Waals surface area contributed by atoms with E-state index in [4.69, 9.17) is 5.73 Å². The van der Waals surface area contributed by atoms with Gasteiger partial charge >= 0.3 is 0 Å². The van der Waals surface area contributed by atoms with Crippen LogP contribution >= 0.6 is 0 Å². The van der Waals surface area contributed by atoms with Crippen LogP contribution in [-0.2, 0) is 0 Å². The number of carbonyl (C=O) groups is 1. The van der Waals surface area contributed by atoms with Gasteiger partial charge in [0.25, 0.3) is 5.91 Å². The number of aromatic nitrogens is 2. The highest BCUT2D eigenvalue weighted by Gasteiger charge is 2.19. The van der Waals surface area contributed by atoms with Crippen molar-refractivity contribution < 1.29 is 4.79 Å². The van der Waals surface area contributed by atoms with Gasteiger partial charge in [0.15, 0.2) is 5.69 Å². The molecule has 4 N–H and O–H groups in total. The van der Waals surface area contributed by atoms with E-state index in [-0.39, 0.29) is 17.9 Å². The molecule has 20 heavy (non-hydrogen) atoms. The van der Waals surface area contributed by atoms with Gasteiger partial charge in [0.1, 0.15) is 0 Å². The summed E-state index contributed by atoms with van der Waals surface area (Å²) in [5, 5.41) is 9.85. The summed E-state index contributed by atoms with van der Waals surface area (Å²) < 4.78 is 0. The van der Waals surface area contributed by atoms with Crippen molar-refractivity contribution in [2.24, 2.45) is 0 Å². The molecule has 0 aliphatic heterocycles. The maximum absolute atomic E-state index is 12.1. The first-order valence-electron chi connectivity index (χ1n) is 7.61. The molecule has 1 amide bonds. The minimum absolute atomic E-state index is 0.151. The summed E-state index contributed by atoms with van der Waals surface area (Å²) in [6.45, 7) is 8.25. The molecule has 0 aliphatic rings. The zero-order chi connectivity index (χ0) is 15.1. The summed E-state index contributed by atoms with van der Waals surface area (Å²) in [5.41, 5.74) is 7.57. The van der Waals surface area contributed by atoms with Crippen molar-refractivity contribution in [2.45, 2.75) is 71.8 Å². The Morgan fingerprint density at radius 1 is 1.30 bits per heavy atom. The van der Waals surface area contributed by atoms with Gasteiger partial charge < -0.3 is 11.1 Å². The fraction of sp³-hybridized carbons (Fsp3) is 0.733. The van der Waals surface area contributed by atoms with Crippen LogP contribution in [-0.4, -0.2) is 22.1 Å². The van der Waals surface area contributed by atoms with Crippen molar-refractivity contribution in [3.63, 3.8) is 0 Å². The van der Waals surface area contributed by atoms with Crippen molar-refractivity contribution in [1.29, 1.82) is 0 Å². The molecule has 0 fully saturated rings. The van der Waals surface area contributed by atoms with Crippen molar-refractivity contribution in [1.82, 2.24) is 15.5 Å². The van der Waals surface area contributed by atoms with Gasteiger partial charge in [-0.3, -0.25) is 9.89 Å². The Balaban J connectivity index is 2.50. The van der Waals surface area contributed by atoms with E-state index in [1.165, 1.54) is 19.3 Å². The van der Waals surface area contributed by atoms with Crippen LogP contribution in [0.2, 0.25) is 0 Å². The lowest BCUT2D eigenvalue weighted by atomic mass is 10.1. The quantitative estimate of drug-likeness (QED) is 0.639. The molecule has 0 bridgehead atoms. The Labute approximate surface area is 121 Å². The van der Waals surface area contributed by atoms with Gasteiger partial charge in [0.05, 0.1) is 11.4 Å². The number of nitrogens with two attached hydrogens (primary N) is 1. The Bertz CT molecular complexity index is 426. The fourth-order valence-corrected chi connectivity index (χ4v) is 2.22. The predicted molar refractivity (Wildman–Crippen MR) is 82.8 cm³/mol. The van der Waals surface area contributed by atoms with Crippen LogP contribution in [0.1, 0.15) is 81.9 Å². The maximum atomic E-state index is 12.1. The second kappa shape index (κ2) is 7.92. The van der Waals surface area contributed by atoms with Crippen LogP contribution in [0, 0.1) is 0 Å². The van der Waals surface area contributed by atoms with Gasteiger partial charge in [-0.2, -0.15) is 5.10 Å². The first-order valence-corrected chi connectivity index (χ1v) is 7.61. The number of hydrogen-bond donors (Lipinski definition) is 3. The molecule has 0 aromatic carbocycles. The Kier molecular flexibility index (Phi) is 6.55. The average Bonchev–Trinajstić information content (AvgIpc) is 2.76. The van der Waals surface area contributed by atoms with Gasteiger partial charge in [-0.15, -0.1) is 0 Å². The first-order chi connectivity index (χ1) is 9.47. The van der Waals surface area contributed by atoms with Crippen LogP contribution in [0.3, 0.4) is 0 Å². The third kappa shape index (κ3) is 4.54. The molecule has 1 rings (SSSR count). The van der Waals surface area contributed by atoms with Crippen molar-refractivity contribution >= 4 is 11.6 Å². The van der Waals surface area contributed by atoms with Crippen molar-refractivity contribution in [3.05, 3.63) is 11.4 Å².